The van der Waals surface area contributed by atoms with Gasteiger partial charge in [-0.05, 0) is 55.2 Å². The molecule has 1 aliphatic carbocycles. The average Bonchev–Trinajstić information content (AvgIpc) is 3.69. The van der Waals surface area contributed by atoms with Gasteiger partial charge in [0.05, 0.1) is 41.2 Å². The van der Waals surface area contributed by atoms with Gasteiger partial charge in [-0.3, -0.25) is 4.79 Å². The average molecular weight is 554 g/mol. The van der Waals surface area contributed by atoms with Gasteiger partial charge >= 0.3 is 0 Å². The van der Waals surface area contributed by atoms with Gasteiger partial charge in [0.2, 0.25) is 5.03 Å². The molecule has 0 unspecified atom stereocenters. The van der Waals surface area contributed by atoms with Crippen LogP contribution in [0.2, 0.25) is 0 Å². The van der Waals surface area contributed by atoms with E-state index < -0.39 is 15.4 Å². The van der Waals surface area contributed by atoms with Crippen LogP contribution in [0.4, 0.5) is 4.39 Å². The van der Waals surface area contributed by atoms with E-state index in [9.17, 15) is 17.6 Å². The standard InChI is InChI=1S/C25H24FN7O3S2/c1-2-8-32-28-13-23(30-32)38(35,36)31-9-7-18-10-22-17(12-29-33(22)20-5-3-19(26)4-6-20)11-25(18,15-31)24(34)21-14-37-16-27-21/h3-6,10,12-14,16H,2,7-9,11,15H2,1H3/t25-/m0/s1. The highest BCUT2D eigenvalue weighted by atomic mass is 32.2. The van der Waals surface area contributed by atoms with Crippen molar-refractivity contribution in [3.05, 3.63) is 75.9 Å². The number of carbonyl (C=O) groups excluding carboxylic acids is 1. The Labute approximate surface area is 222 Å². The lowest BCUT2D eigenvalue weighted by atomic mass is 9.65. The summed E-state index contributed by atoms with van der Waals surface area (Å²) in [6, 6.07) is 6.03. The molecule has 3 aromatic heterocycles. The fraction of sp³-hybridized carbons (Fsp3) is 0.320. The largest absolute Gasteiger partial charge is 0.291 e. The van der Waals surface area contributed by atoms with Gasteiger partial charge in [0.15, 0.2) is 5.78 Å². The lowest BCUT2D eigenvalue weighted by Crippen LogP contribution is -2.53. The molecule has 6 rings (SSSR count). The molecule has 13 heteroatoms. The molecule has 196 valence electrons. The Morgan fingerprint density at radius 2 is 2.00 bits per heavy atom. The van der Waals surface area contributed by atoms with E-state index in [0.717, 1.165) is 23.3 Å². The van der Waals surface area contributed by atoms with Gasteiger partial charge in [-0.2, -0.15) is 19.3 Å². The smallest absolute Gasteiger partial charge is 0.264 e. The summed E-state index contributed by atoms with van der Waals surface area (Å²) in [7, 11) is -3.98. The fourth-order valence-corrected chi connectivity index (χ4v) is 7.11. The Bertz CT molecular complexity index is 1640. The van der Waals surface area contributed by atoms with Crippen LogP contribution in [0.3, 0.4) is 0 Å². The van der Waals surface area contributed by atoms with Gasteiger partial charge in [0.25, 0.3) is 10.0 Å². The third-order valence-electron chi connectivity index (χ3n) is 7.09. The van der Waals surface area contributed by atoms with E-state index in [1.807, 2.05) is 13.0 Å². The number of ketones is 1. The molecule has 1 atom stereocenters. The summed E-state index contributed by atoms with van der Waals surface area (Å²) >= 11 is 1.32. The van der Waals surface area contributed by atoms with E-state index in [2.05, 4.69) is 20.3 Å². The van der Waals surface area contributed by atoms with E-state index in [0.29, 0.717) is 24.3 Å². The zero-order valence-electron chi connectivity index (χ0n) is 20.5. The predicted molar refractivity (Wildman–Crippen MR) is 138 cm³/mol. The maximum atomic E-state index is 14.0. The highest BCUT2D eigenvalue weighted by molar-refractivity contribution is 7.89. The molecule has 1 aromatic carbocycles. The zero-order chi connectivity index (χ0) is 26.5. The van der Waals surface area contributed by atoms with Crippen molar-refractivity contribution < 1.29 is 17.6 Å². The number of thiazole rings is 1. The van der Waals surface area contributed by atoms with Crippen molar-refractivity contribution in [3.63, 3.8) is 0 Å². The Kier molecular flexibility index (Phi) is 6.08. The Morgan fingerprint density at radius 3 is 2.74 bits per heavy atom. The maximum Gasteiger partial charge on any atom is 0.264 e. The van der Waals surface area contributed by atoms with Crippen LogP contribution in [-0.4, -0.2) is 61.4 Å². The molecule has 1 fully saturated rings. The van der Waals surface area contributed by atoms with Crippen molar-refractivity contribution in [2.45, 2.75) is 37.8 Å². The molecular weight excluding hydrogens is 529 g/mol. The van der Waals surface area contributed by atoms with Crippen LogP contribution in [-0.2, 0) is 23.0 Å². The zero-order valence-corrected chi connectivity index (χ0v) is 22.1. The van der Waals surface area contributed by atoms with Crippen LogP contribution in [0.1, 0.15) is 41.5 Å². The van der Waals surface area contributed by atoms with Crippen LogP contribution >= 0.6 is 11.3 Å². The molecule has 0 amide bonds. The van der Waals surface area contributed by atoms with Gasteiger partial charge in [-0.25, -0.2) is 22.5 Å². The summed E-state index contributed by atoms with van der Waals surface area (Å²) in [5, 5.41) is 14.3. The summed E-state index contributed by atoms with van der Waals surface area (Å²) < 4.78 is 43.8. The van der Waals surface area contributed by atoms with E-state index in [-0.39, 0.29) is 36.1 Å². The molecule has 0 radical (unpaired) electrons. The monoisotopic (exact) mass is 553 g/mol. The number of aryl methyl sites for hydroxylation is 1. The molecule has 0 N–H and O–H groups in total. The van der Waals surface area contributed by atoms with Crippen molar-refractivity contribution in [1.29, 1.82) is 0 Å². The molecule has 1 saturated heterocycles. The first-order valence-electron chi connectivity index (χ1n) is 12.2. The molecular formula is C25H24FN7O3S2. The molecule has 4 aromatic rings. The normalized spacial score (nSPS) is 19.6. The number of nitrogens with zero attached hydrogens (tertiary/aromatic N) is 7. The summed E-state index contributed by atoms with van der Waals surface area (Å²) in [5.74, 6) is -0.566. The quantitative estimate of drug-likeness (QED) is 0.322. The van der Waals surface area contributed by atoms with Crippen LogP contribution in [0.25, 0.3) is 11.8 Å². The van der Waals surface area contributed by atoms with Crippen molar-refractivity contribution >= 4 is 33.2 Å². The molecule has 0 saturated carbocycles. The molecule has 2 aliphatic rings. The minimum atomic E-state index is -3.98. The first-order chi connectivity index (χ1) is 18.3. The third-order valence-corrected chi connectivity index (χ3v) is 9.39. The first-order valence-corrected chi connectivity index (χ1v) is 14.6. The second-order valence-corrected chi connectivity index (χ2v) is 12.0. The van der Waals surface area contributed by atoms with Crippen LogP contribution in [0, 0.1) is 11.2 Å². The number of aromatic nitrogens is 6. The van der Waals surface area contributed by atoms with E-state index in [1.165, 1.54) is 38.8 Å². The molecule has 4 heterocycles. The van der Waals surface area contributed by atoms with Crippen molar-refractivity contribution in [3.8, 4) is 5.69 Å². The van der Waals surface area contributed by atoms with Gasteiger partial charge < -0.3 is 0 Å². The van der Waals surface area contributed by atoms with Crippen LogP contribution in [0.15, 0.2) is 58.1 Å². The minimum absolute atomic E-state index is 0.0423. The molecule has 10 nitrogen and oxygen atoms in total. The highest BCUT2D eigenvalue weighted by Crippen LogP contribution is 2.47. The van der Waals surface area contributed by atoms with Gasteiger partial charge in [-0.1, -0.05) is 12.5 Å². The minimum Gasteiger partial charge on any atom is -0.291 e. The van der Waals surface area contributed by atoms with E-state index >= 15 is 0 Å². The summed E-state index contributed by atoms with van der Waals surface area (Å²) in [6.07, 6.45) is 6.27. The molecule has 38 heavy (non-hydrogen) atoms. The molecule has 1 aliphatic heterocycles. The number of piperidine rings is 1. The number of benzene rings is 1. The number of halogens is 1. The van der Waals surface area contributed by atoms with E-state index in [4.69, 9.17) is 0 Å². The lowest BCUT2D eigenvalue weighted by molar-refractivity contribution is 0.0770. The van der Waals surface area contributed by atoms with E-state index in [1.54, 1.807) is 33.9 Å². The SMILES string of the molecule is CCCn1ncc(S(=O)(=O)N2CCC3=Cc4c(cnn4-c4ccc(F)cc4)C[C@]3(C(=O)c3cscn3)C2)n1. The number of hydrogen-bond acceptors (Lipinski definition) is 8. The topological polar surface area (TPSA) is 116 Å². The lowest BCUT2D eigenvalue weighted by Gasteiger charge is -2.44. The van der Waals surface area contributed by atoms with Gasteiger partial charge in [0.1, 0.15) is 11.5 Å². The number of hydrogen-bond donors (Lipinski definition) is 0. The molecule has 0 spiro atoms. The second kappa shape index (κ2) is 9.33. The third kappa shape index (κ3) is 4.01. The summed E-state index contributed by atoms with van der Waals surface area (Å²) in [5.41, 5.74) is 3.89. The summed E-state index contributed by atoms with van der Waals surface area (Å²) in [4.78, 5) is 19.6. The van der Waals surface area contributed by atoms with Gasteiger partial charge in [0, 0.05) is 18.5 Å². The highest BCUT2D eigenvalue weighted by Gasteiger charge is 2.51. The van der Waals surface area contributed by atoms with Crippen molar-refractivity contribution in [1.82, 2.24) is 34.1 Å². The predicted octanol–water partition coefficient (Wildman–Crippen LogP) is 3.37. The number of sulfonamides is 1. The first kappa shape index (κ1) is 24.8. The fourth-order valence-electron chi connectivity index (χ4n) is 5.22. The Balaban J connectivity index is 1.41. The summed E-state index contributed by atoms with van der Waals surface area (Å²) in [6.45, 7) is 2.62. The maximum absolute atomic E-state index is 14.0. The van der Waals surface area contributed by atoms with Crippen LogP contribution < -0.4 is 0 Å². The number of Topliss-reactive ketones (excluding diaryl/α,β-unsaturated/α-hetero) is 1. The Hall–Kier alpha value is -3.55. The van der Waals surface area contributed by atoms with Crippen molar-refractivity contribution in [2.24, 2.45) is 5.41 Å². The van der Waals surface area contributed by atoms with Gasteiger partial charge in [-0.15, -0.1) is 16.4 Å². The number of rotatable bonds is 7. The van der Waals surface area contributed by atoms with Crippen molar-refractivity contribution in [2.75, 3.05) is 13.1 Å². The number of carbonyl (C=O) groups is 1. The molecule has 0 bridgehead atoms. The number of fused-ring (bicyclic) bond motifs is 2. The second-order valence-electron chi connectivity index (χ2n) is 9.44. The Morgan fingerprint density at radius 1 is 1.18 bits per heavy atom. The van der Waals surface area contributed by atoms with Crippen LogP contribution in [0.5, 0.6) is 0 Å².